The van der Waals surface area contributed by atoms with Crippen molar-refractivity contribution in [2.75, 3.05) is 7.11 Å². The highest BCUT2D eigenvalue weighted by Gasteiger charge is 2.65. The van der Waals surface area contributed by atoms with Crippen molar-refractivity contribution in [3.63, 3.8) is 0 Å². The zero-order valence-electron chi connectivity index (χ0n) is 16.0. The molecule has 2 heterocycles. The second kappa shape index (κ2) is 6.21. The molecule has 2 saturated carbocycles. The first kappa shape index (κ1) is 18.3. The van der Waals surface area contributed by atoms with E-state index < -0.39 is 16.9 Å². The van der Waals surface area contributed by atoms with Crippen LogP contribution in [-0.2, 0) is 23.9 Å². The number of furan rings is 1. The third-order valence-electron chi connectivity index (χ3n) is 7.45. The van der Waals surface area contributed by atoms with Crippen LogP contribution in [0.15, 0.2) is 23.0 Å². The van der Waals surface area contributed by atoms with Crippen LogP contribution in [0.3, 0.4) is 0 Å². The maximum atomic E-state index is 13.1. The zero-order valence-corrected chi connectivity index (χ0v) is 16.0. The van der Waals surface area contributed by atoms with E-state index in [2.05, 4.69) is 0 Å². The minimum atomic E-state index is -0.548. The number of fused-ring (bicyclic) bond motifs is 3. The van der Waals surface area contributed by atoms with E-state index in [1.807, 2.05) is 13.8 Å². The van der Waals surface area contributed by atoms with Gasteiger partial charge in [-0.2, -0.15) is 0 Å². The van der Waals surface area contributed by atoms with E-state index >= 15 is 0 Å². The van der Waals surface area contributed by atoms with Crippen molar-refractivity contribution in [3.05, 3.63) is 24.2 Å². The fourth-order valence-corrected chi connectivity index (χ4v) is 6.24. The Labute approximate surface area is 158 Å². The van der Waals surface area contributed by atoms with Gasteiger partial charge in [-0.05, 0) is 42.6 Å². The van der Waals surface area contributed by atoms with Gasteiger partial charge in [-0.1, -0.05) is 13.8 Å². The molecule has 1 aromatic rings. The zero-order chi connectivity index (χ0) is 19.4. The molecule has 0 spiro atoms. The van der Waals surface area contributed by atoms with E-state index in [0.717, 1.165) is 5.56 Å². The van der Waals surface area contributed by atoms with Crippen molar-refractivity contribution < 1.29 is 28.3 Å². The number of carbonyl (C=O) groups is 3. The first-order chi connectivity index (χ1) is 12.8. The Hall–Kier alpha value is -2.11. The van der Waals surface area contributed by atoms with Gasteiger partial charge in [-0.15, -0.1) is 0 Å². The van der Waals surface area contributed by atoms with Crippen LogP contribution in [0.1, 0.15) is 57.6 Å². The molecule has 1 aromatic heterocycles. The summed E-state index contributed by atoms with van der Waals surface area (Å²) >= 11 is 0. The molecule has 0 bridgehead atoms. The van der Waals surface area contributed by atoms with Crippen molar-refractivity contribution in [1.29, 1.82) is 0 Å². The molecule has 146 valence electrons. The molecule has 0 radical (unpaired) electrons. The van der Waals surface area contributed by atoms with Gasteiger partial charge in [-0.25, -0.2) is 0 Å². The second-order valence-corrected chi connectivity index (χ2v) is 8.80. The molecule has 1 aliphatic heterocycles. The molecule has 1 saturated heterocycles. The fourth-order valence-electron chi connectivity index (χ4n) is 6.24. The number of hydrogen-bond donors (Lipinski definition) is 0. The minimum Gasteiger partial charge on any atom is -0.472 e. The van der Waals surface area contributed by atoms with Crippen LogP contribution in [0.5, 0.6) is 0 Å². The number of Topliss-reactive ketones (excluding diaryl/α,β-unsaturated/α-hetero) is 1. The summed E-state index contributed by atoms with van der Waals surface area (Å²) in [6.45, 7) is 4.06. The van der Waals surface area contributed by atoms with Crippen LogP contribution in [-0.4, -0.2) is 24.8 Å². The lowest BCUT2D eigenvalue weighted by Gasteiger charge is -2.60. The fraction of sp³-hybridized carbons (Fsp3) is 0.667. The maximum absolute atomic E-state index is 13.1. The van der Waals surface area contributed by atoms with Crippen LogP contribution in [0.4, 0.5) is 0 Å². The van der Waals surface area contributed by atoms with Gasteiger partial charge in [-0.3, -0.25) is 14.4 Å². The average Bonchev–Trinajstić information content (AvgIpc) is 3.14. The predicted molar refractivity (Wildman–Crippen MR) is 94.3 cm³/mol. The summed E-state index contributed by atoms with van der Waals surface area (Å²) in [5.74, 6) is -1.33. The summed E-state index contributed by atoms with van der Waals surface area (Å²) in [6, 6.07) is 1.80. The Morgan fingerprint density at radius 1 is 1.22 bits per heavy atom. The van der Waals surface area contributed by atoms with Crippen LogP contribution in [0.25, 0.3) is 0 Å². The second-order valence-electron chi connectivity index (χ2n) is 8.80. The van der Waals surface area contributed by atoms with Crippen molar-refractivity contribution >= 4 is 17.7 Å². The third-order valence-corrected chi connectivity index (χ3v) is 7.45. The molecule has 2 aliphatic carbocycles. The monoisotopic (exact) mass is 374 g/mol. The molecular formula is C21H26O6. The highest BCUT2D eigenvalue weighted by atomic mass is 16.5. The SMILES string of the molecule is COC(=O)[C@@H]1CCC(=O)C2[C@@]3(C)C[C@@H](c4ccoc4)OC(=O)[C@H]3CC[C@]21C. The summed E-state index contributed by atoms with van der Waals surface area (Å²) in [6.07, 6.45) is 5.43. The molecule has 4 rings (SSSR count). The standard InChI is InChI=1S/C21H26O6/c1-20-8-6-14-19(24)27-16(12-7-9-26-11-12)10-21(14,2)17(20)15(22)5-4-13(20)18(23)25-3/h7,9,11,13-14,16-17H,4-6,8,10H2,1-3H3/t13-,14+,16-,17?,20-,21-/m0/s1. The number of cyclic esters (lactones) is 1. The van der Waals surface area contributed by atoms with Crippen LogP contribution >= 0.6 is 0 Å². The molecule has 3 aliphatic rings. The number of carbonyl (C=O) groups excluding carboxylic acids is 3. The molecule has 0 N–H and O–H groups in total. The van der Waals surface area contributed by atoms with Gasteiger partial charge in [0, 0.05) is 17.9 Å². The Bertz CT molecular complexity index is 768. The normalized spacial score (nSPS) is 41.3. The Balaban J connectivity index is 1.76. The summed E-state index contributed by atoms with van der Waals surface area (Å²) in [5, 5.41) is 0. The third kappa shape index (κ3) is 2.56. The van der Waals surface area contributed by atoms with Gasteiger partial charge in [0.25, 0.3) is 0 Å². The van der Waals surface area contributed by atoms with E-state index in [4.69, 9.17) is 13.9 Å². The quantitative estimate of drug-likeness (QED) is 0.737. The van der Waals surface area contributed by atoms with E-state index in [9.17, 15) is 14.4 Å². The minimum absolute atomic E-state index is 0.158. The number of ether oxygens (including phenoxy) is 2. The molecule has 6 atom stereocenters. The molecule has 0 amide bonds. The molecule has 6 heteroatoms. The lowest BCUT2D eigenvalue weighted by atomic mass is 9.43. The van der Waals surface area contributed by atoms with Crippen molar-refractivity contribution in [3.8, 4) is 0 Å². The van der Waals surface area contributed by atoms with Crippen LogP contribution in [0.2, 0.25) is 0 Å². The van der Waals surface area contributed by atoms with Gasteiger partial charge in [0.05, 0.1) is 31.5 Å². The molecular weight excluding hydrogens is 348 g/mol. The topological polar surface area (TPSA) is 82.8 Å². The first-order valence-electron chi connectivity index (χ1n) is 9.64. The Kier molecular flexibility index (Phi) is 4.20. The summed E-state index contributed by atoms with van der Waals surface area (Å²) in [7, 11) is 1.40. The number of methoxy groups -OCH3 is 1. The molecule has 1 unspecified atom stereocenters. The van der Waals surface area contributed by atoms with Crippen molar-refractivity contribution in [2.24, 2.45) is 28.6 Å². The van der Waals surface area contributed by atoms with Gasteiger partial charge < -0.3 is 13.9 Å². The Morgan fingerprint density at radius 3 is 2.67 bits per heavy atom. The van der Waals surface area contributed by atoms with Crippen molar-refractivity contribution in [1.82, 2.24) is 0 Å². The van der Waals surface area contributed by atoms with Gasteiger partial charge in [0.1, 0.15) is 11.9 Å². The molecule has 3 fully saturated rings. The van der Waals surface area contributed by atoms with Crippen LogP contribution < -0.4 is 0 Å². The highest BCUT2D eigenvalue weighted by molar-refractivity contribution is 5.88. The van der Waals surface area contributed by atoms with E-state index in [-0.39, 0.29) is 35.5 Å². The van der Waals surface area contributed by atoms with Gasteiger partial charge >= 0.3 is 11.9 Å². The average molecular weight is 374 g/mol. The van der Waals surface area contributed by atoms with E-state index in [1.54, 1.807) is 18.6 Å². The first-order valence-corrected chi connectivity index (χ1v) is 9.64. The highest BCUT2D eigenvalue weighted by Crippen LogP contribution is 2.64. The van der Waals surface area contributed by atoms with Crippen LogP contribution in [0, 0.1) is 28.6 Å². The smallest absolute Gasteiger partial charge is 0.310 e. The largest absolute Gasteiger partial charge is 0.472 e. The summed E-state index contributed by atoms with van der Waals surface area (Å²) in [5.41, 5.74) is -0.233. The summed E-state index contributed by atoms with van der Waals surface area (Å²) < 4.78 is 15.9. The predicted octanol–water partition coefficient (Wildman–Crippen LogP) is 3.46. The number of hydrogen-bond acceptors (Lipinski definition) is 6. The number of rotatable bonds is 2. The van der Waals surface area contributed by atoms with Crippen molar-refractivity contribution in [2.45, 2.75) is 52.1 Å². The Morgan fingerprint density at radius 2 is 2.00 bits per heavy atom. The van der Waals surface area contributed by atoms with E-state index in [1.165, 1.54) is 7.11 Å². The molecule has 27 heavy (non-hydrogen) atoms. The van der Waals surface area contributed by atoms with Gasteiger partial charge in [0.15, 0.2) is 0 Å². The summed E-state index contributed by atoms with van der Waals surface area (Å²) in [4.78, 5) is 38.4. The molecule has 0 aromatic carbocycles. The number of ketones is 1. The van der Waals surface area contributed by atoms with E-state index in [0.29, 0.717) is 32.1 Å². The van der Waals surface area contributed by atoms with Gasteiger partial charge in [0.2, 0.25) is 0 Å². The lowest BCUT2D eigenvalue weighted by Crippen LogP contribution is -2.61. The maximum Gasteiger partial charge on any atom is 0.310 e. The number of esters is 2. The lowest BCUT2D eigenvalue weighted by molar-refractivity contribution is -0.202. The molecule has 6 nitrogen and oxygen atoms in total.